The van der Waals surface area contributed by atoms with Crippen LogP contribution in [0.25, 0.3) is 0 Å². The lowest BCUT2D eigenvalue weighted by molar-refractivity contribution is -0.121. The first-order valence-corrected chi connectivity index (χ1v) is 16.6. The minimum Gasteiger partial charge on any atom is -0.381 e. The average Bonchev–Trinajstić information content (AvgIpc) is 3.53. The van der Waals surface area contributed by atoms with Crippen LogP contribution in [0.3, 0.4) is 0 Å². The molecule has 230 valence electrons. The summed E-state index contributed by atoms with van der Waals surface area (Å²) >= 11 is 1.91. The first-order valence-electron chi connectivity index (χ1n) is 15.6. The van der Waals surface area contributed by atoms with E-state index in [4.69, 9.17) is 9.47 Å². The summed E-state index contributed by atoms with van der Waals surface area (Å²) in [7, 11) is 0. The number of urea groups is 1. The third kappa shape index (κ3) is 11.2. The average molecular weight is 599 g/mol. The van der Waals surface area contributed by atoms with E-state index in [2.05, 4.69) is 33.1 Å². The second-order valence-corrected chi connectivity index (χ2v) is 12.5. The molecular formula is C32H46N4O5S. The van der Waals surface area contributed by atoms with Gasteiger partial charge in [-0.2, -0.15) is 11.8 Å². The van der Waals surface area contributed by atoms with E-state index >= 15 is 0 Å². The second kappa shape index (κ2) is 18.0. The van der Waals surface area contributed by atoms with Crippen molar-refractivity contribution >= 4 is 29.6 Å². The number of nitrogens with one attached hydrogen (secondary N) is 4. The van der Waals surface area contributed by atoms with Gasteiger partial charge in [0.25, 0.3) is 5.91 Å². The van der Waals surface area contributed by atoms with Gasteiger partial charge in [0.15, 0.2) is 0 Å². The van der Waals surface area contributed by atoms with Gasteiger partial charge >= 0.3 is 6.03 Å². The van der Waals surface area contributed by atoms with E-state index in [0.717, 1.165) is 62.7 Å². The molecule has 4 rings (SSSR count). The largest absolute Gasteiger partial charge is 0.381 e. The molecule has 3 aliphatic rings. The number of carbonyl (C=O) groups is 3. The number of benzene rings is 1. The Labute approximate surface area is 254 Å². The van der Waals surface area contributed by atoms with Gasteiger partial charge in [-0.3, -0.25) is 9.59 Å². The van der Waals surface area contributed by atoms with Crippen molar-refractivity contribution in [2.45, 2.75) is 101 Å². The van der Waals surface area contributed by atoms with E-state index in [9.17, 15) is 14.4 Å². The zero-order chi connectivity index (χ0) is 29.4. The monoisotopic (exact) mass is 598 g/mol. The lowest BCUT2D eigenvalue weighted by atomic mass is 10.0. The fourth-order valence-corrected chi connectivity index (χ4v) is 6.94. The minimum atomic E-state index is -0.0930. The van der Waals surface area contributed by atoms with Crippen LogP contribution in [-0.2, 0) is 20.9 Å². The predicted molar refractivity (Wildman–Crippen MR) is 165 cm³/mol. The molecular weight excluding hydrogens is 552 g/mol. The fraction of sp³-hybridized carbons (Fsp3) is 0.656. The molecule has 2 saturated heterocycles. The van der Waals surface area contributed by atoms with Gasteiger partial charge in [0, 0.05) is 55.7 Å². The van der Waals surface area contributed by atoms with E-state index < -0.39 is 0 Å². The number of hydrogen-bond acceptors (Lipinski definition) is 6. The molecule has 0 saturated carbocycles. The molecule has 9 nitrogen and oxygen atoms in total. The maximum Gasteiger partial charge on any atom is 0.315 e. The van der Waals surface area contributed by atoms with Crippen LogP contribution in [0.2, 0.25) is 0 Å². The highest BCUT2D eigenvalue weighted by Crippen LogP contribution is 2.33. The van der Waals surface area contributed by atoms with Gasteiger partial charge < -0.3 is 30.7 Å². The van der Waals surface area contributed by atoms with Crippen molar-refractivity contribution < 1.29 is 23.9 Å². The van der Waals surface area contributed by atoms with Crippen molar-refractivity contribution in [1.82, 2.24) is 21.3 Å². The van der Waals surface area contributed by atoms with Crippen molar-refractivity contribution in [1.29, 1.82) is 0 Å². The molecule has 42 heavy (non-hydrogen) atoms. The highest BCUT2D eigenvalue weighted by molar-refractivity contribution is 8.00. The van der Waals surface area contributed by atoms with Crippen LogP contribution in [0.4, 0.5) is 4.79 Å². The number of ether oxygens (including phenoxy) is 2. The van der Waals surface area contributed by atoms with Crippen LogP contribution >= 0.6 is 11.8 Å². The number of carbonyl (C=O) groups excluding carboxylic acids is 3. The Morgan fingerprint density at radius 2 is 1.79 bits per heavy atom. The van der Waals surface area contributed by atoms with Gasteiger partial charge in [-0.05, 0) is 62.6 Å². The summed E-state index contributed by atoms with van der Waals surface area (Å²) in [4.78, 5) is 36.0. The highest BCUT2D eigenvalue weighted by Gasteiger charge is 2.42. The van der Waals surface area contributed by atoms with E-state index in [-0.39, 0.29) is 36.0 Å². The summed E-state index contributed by atoms with van der Waals surface area (Å²) in [6, 6.07) is 7.97. The van der Waals surface area contributed by atoms with Crippen LogP contribution in [-0.4, -0.2) is 73.3 Å². The quantitative estimate of drug-likeness (QED) is 0.123. The number of rotatable bonds is 17. The number of fused-ring (bicyclic) bond motifs is 1. The van der Waals surface area contributed by atoms with Gasteiger partial charge in [0.05, 0.1) is 18.7 Å². The Kier molecular flexibility index (Phi) is 13.8. The summed E-state index contributed by atoms with van der Waals surface area (Å²) in [5, 5.41) is 12.3. The van der Waals surface area contributed by atoms with Crippen LogP contribution in [0, 0.1) is 11.8 Å². The van der Waals surface area contributed by atoms with Crippen molar-refractivity contribution in [3.8, 4) is 11.8 Å². The summed E-state index contributed by atoms with van der Waals surface area (Å²) in [5.74, 6) is 7.37. The number of amides is 4. The minimum absolute atomic E-state index is 0.00197. The molecule has 1 aromatic carbocycles. The first kappa shape index (κ1) is 32.2. The van der Waals surface area contributed by atoms with E-state index in [0.29, 0.717) is 50.1 Å². The summed E-state index contributed by atoms with van der Waals surface area (Å²) in [6.07, 6.45) is 10.4. The lowest BCUT2D eigenvalue weighted by Crippen LogP contribution is -2.36. The van der Waals surface area contributed by atoms with Gasteiger partial charge in [-0.15, -0.1) is 5.92 Å². The lowest BCUT2D eigenvalue weighted by Gasteiger charge is -2.16. The van der Waals surface area contributed by atoms with Gasteiger partial charge in [0.1, 0.15) is 6.10 Å². The zero-order valence-corrected chi connectivity index (χ0v) is 25.4. The summed E-state index contributed by atoms with van der Waals surface area (Å²) < 4.78 is 11.6. The molecule has 0 bridgehead atoms. The number of thioether (sulfide) groups is 1. The molecule has 10 heteroatoms. The van der Waals surface area contributed by atoms with Crippen LogP contribution in [0.15, 0.2) is 24.3 Å². The maximum absolute atomic E-state index is 12.4. The Bertz CT molecular complexity index is 1070. The third-order valence-electron chi connectivity index (χ3n) is 7.82. The van der Waals surface area contributed by atoms with E-state index in [1.807, 2.05) is 36.0 Å². The van der Waals surface area contributed by atoms with Crippen molar-refractivity contribution in [2.75, 3.05) is 32.1 Å². The summed E-state index contributed by atoms with van der Waals surface area (Å²) in [5.41, 5.74) is 1.67. The molecule has 2 aliphatic heterocycles. The van der Waals surface area contributed by atoms with Crippen LogP contribution in [0.1, 0.15) is 86.6 Å². The van der Waals surface area contributed by atoms with Crippen molar-refractivity contribution in [2.24, 2.45) is 0 Å². The molecule has 0 aromatic heterocycles. The molecule has 4 N–H and O–H groups in total. The third-order valence-corrected chi connectivity index (χ3v) is 9.33. The highest BCUT2D eigenvalue weighted by atomic mass is 32.2. The second-order valence-electron chi connectivity index (χ2n) is 11.2. The summed E-state index contributed by atoms with van der Waals surface area (Å²) in [6.45, 7) is 2.79. The molecule has 0 radical (unpaired) electrons. The standard InChI is InChI=1S/C32H46N4O5S/c37-29(13-7-6-12-28-30-27(23-42-28)35-32(39)36-30)33-18-8-20-40-21-9-19-34-31(38)25-16-14-24(15-17-25)22-41-26-10-4-2-1-3-5-11-26/h14-17,26-28,30H,1-4,6-10,12-13,18-23H2,(H,33,37)(H,34,38)(H2,35,36,39)/t26?,27-,28-,30-/m0/s1. The molecule has 2 fully saturated rings. The normalized spacial score (nSPS) is 23.0. The molecule has 2 heterocycles. The van der Waals surface area contributed by atoms with Gasteiger partial charge in [-0.25, -0.2) is 4.79 Å². The first-order chi connectivity index (χ1) is 20.6. The van der Waals surface area contributed by atoms with E-state index in [1.54, 1.807) is 0 Å². The molecule has 0 spiro atoms. The number of hydrogen-bond donors (Lipinski definition) is 4. The molecule has 4 amide bonds. The topological polar surface area (TPSA) is 118 Å². The van der Waals surface area contributed by atoms with Crippen LogP contribution in [0.5, 0.6) is 0 Å². The zero-order valence-electron chi connectivity index (χ0n) is 24.6. The van der Waals surface area contributed by atoms with Gasteiger partial charge in [-0.1, -0.05) is 30.9 Å². The fourth-order valence-electron chi connectivity index (χ4n) is 5.40. The molecule has 4 atom stereocenters. The predicted octanol–water partition coefficient (Wildman–Crippen LogP) is 3.91. The van der Waals surface area contributed by atoms with Gasteiger partial charge in [0.2, 0.25) is 5.91 Å². The Balaban J connectivity index is 0.947. The number of unbranched alkanes of at least 4 members (excludes halogenated alkanes) is 1. The van der Waals surface area contributed by atoms with E-state index in [1.165, 1.54) is 12.8 Å². The molecule has 1 aromatic rings. The molecule has 1 aliphatic carbocycles. The SMILES string of the molecule is O=C(CCCC[C@@H]1SC[C@@H]2NC(=O)N[C@@H]21)NCCCOCCCNC(=O)c1ccc(COC2C#CCCCCC2)cc1. The molecule has 1 unspecified atom stereocenters. The Hall–Kier alpha value is -2.74. The Morgan fingerprint density at radius 3 is 2.62 bits per heavy atom. The Morgan fingerprint density at radius 1 is 0.976 bits per heavy atom. The van der Waals surface area contributed by atoms with Crippen LogP contribution < -0.4 is 21.3 Å². The van der Waals surface area contributed by atoms with Crippen molar-refractivity contribution in [3.05, 3.63) is 35.4 Å². The smallest absolute Gasteiger partial charge is 0.315 e. The van der Waals surface area contributed by atoms with Crippen molar-refractivity contribution in [3.63, 3.8) is 0 Å². The maximum atomic E-state index is 12.4.